The van der Waals surface area contributed by atoms with E-state index in [9.17, 15) is 18.0 Å². The molecule has 4 aromatic rings. The fourth-order valence-corrected chi connectivity index (χ4v) is 4.68. The maximum absolute atomic E-state index is 13.1. The molecule has 0 fully saturated rings. The van der Waals surface area contributed by atoms with Crippen LogP contribution in [0, 0.1) is 20.8 Å². The molecule has 0 spiro atoms. The first-order valence-corrected chi connectivity index (χ1v) is 11.0. The Kier molecular flexibility index (Phi) is 5.85. The number of benzene rings is 2. The van der Waals surface area contributed by atoms with Crippen LogP contribution in [0.1, 0.15) is 28.7 Å². The normalized spacial score (nSPS) is 11.9. The fourth-order valence-electron chi connectivity index (χ4n) is 3.79. The number of aromatic nitrogens is 3. The Bertz CT molecular complexity index is 1330. The standard InChI is InChI=1S/C23H21F3N4OS/c1-13-10-15(3)21-16(11-13)14(2)12-19-28-29-22(30(19)21)32-9-8-20(31)27-18-7-5-4-6-17(18)23(24,25)26/h4-7,10-12H,8-9H2,1-3H3,(H,27,31). The van der Waals surface area contributed by atoms with E-state index < -0.39 is 17.6 Å². The van der Waals surface area contributed by atoms with Gasteiger partial charge in [-0.25, -0.2) is 0 Å². The van der Waals surface area contributed by atoms with Gasteiger partial charge in [0.25, 0.3) is 0 Å². The number of nitrogens with zero attached hydrogens (tertiary/aromatic N) is 3. The average Bonchev–Trinajstić information content (AvgIpc) is 3.10. The highest BCUT2D eigenvalue weighted by atomic mass is 32.2. The topological polar surface area (TPSA) is 59.3 Å². The van der Waals surface area contributed by atoms with E-state index in [2.05, 4.69) is 27.6 Å². The van der Waals surface area contributed by atoms with Crippen molar-refractivity contribution in [2.24, 2.45) is 0 Å². The van der Waals surface area contributed by atoms with E-state index >= 15 is 0 Å². The van der Waals surface area contributed by atoms with Gasteiger partial charge in [0.2, 0.25) is 5.91 Å². The summed E-state index contributed by atoms with van der Waals surface area (Å²) in [6.45, 7) is 6.12. The van der Waals surface area contributed by atoms with Crippen LogP contribution in [0.2, 0.25) is 0 Å². The molecule has 2 aromatic carbocycles. The molecule has 0 unspecified atom stereocenters. The van der Waals surface area contributed by atoms with Crippen LogP contribution in [0.4, 0.5) is 18.9 Å². The predicted octanol–water partition coefficient (Wildman–Crippen LogP) is 5.95. The molecule has 1 amide bonds. The first-order valence-electron chi connectivity index (χ1n) is 9.99. The Morgan fingerprint density at radius 3 is 2.56 bits per heavy atom. The van der Waals surface area contributed by atoms with Gasteiger partial charge in [-0.1, -0.05) is 35.5 Å². The minimum atomic E-state index is -4.53. The molecule has 166 valence electrons. The van der Waals surface area contributed by atoms with Crippen molar-refractivity contribution in [1.82, 2.24) is 14.6 Å². The van der Waals surface area contributed by atoms with Crippen molar-refractivity contribution >= 4 is 39.9 Å². The molecule has 0 saturated carbocycles. The van der Waals surface area contributed by atoms with Gasteiger partial charge < -0.3 is 5.32 Å². The van der Waals surface area contributed by atoms with Crippen molar-refractivity contribution in [2.75, 3.05) is 11.1 Å². The highest BCUT2D eigenvalue weighted by molar-refractivity contribution is 7.99. The number of hydrogen-bond acceptors (Lipinski definition) is 4. The van der Waals surface area contributed by atoms with Crippen LogP contribution in [0.3, 0.4) is 0 Å². The molecule has 1 N–H and O–H groups in total. The van der Waals surface area contributed by atoms with Crippen LogP contribution in [-0.4, -0.2) is 26.3 Å². The van der Waals surface area contributed by atoms with Gasteiger partial charge in [-0.3, -0.25) is 9.20 Å². The first-order chi connectivity index (χ1) is 15.1. The number of fused-ring (bicyclic) bond motifs is 3. The Morgan fingerprint density at radius 2 is 1.81 bits per heavy atom. The summed E-state index contributed by atoms with van der Waals surface area (Å²) in [5, 5.41) is 12.7. The molecule has 0 atom stereocenters. The second-order valence-electron chi connectivity index (χ2n) is 7.67. The van der Waals surface area contributed by atoms with Crippen LogP contribution < -0.4 is 5.32 Å². The molecule has 32 heavy (non-hydrogen) atoms. The maximum atomic E-state index is 13.1. The predicted molar refractivity (Wildman–Crippen MR) is 120 cm³/mol. The molecule has 0 bridgehead atoms. The lowest BCUT2D eigenvalue weighted by Crippen LogP contribution is -2.16. The molecule has 5 nitrogen and oxygen atoms in total. The van der Waals surface area contributed by atoms with Gasteiger partial charge in [-0.2, -0.15) is 13.2 Å². The molecular weight excluding hydrogens is 437 g/mol. The molecular formula is C23H21F3N4OS. The molecule has 9 heteroatoms. The molecule has 0 aliphatic carbocycles. The van der Waals surface area contributed by atoms with Gasteiger partial charge >= 0.3 is 6.18 Å². The summed E-state index contributed by atoms with van der Waals surface area (Å²) in [5.74, 6) is -0.142. The average molecular weight is 459 g/mol. The number of rotatable bonds is 5. The monoisotopic (exact) mass is 458 g/mol. The number of carbonyl (C=O) groups is 1. The summed E-state index contributed by atoms with van der Waals surface area (Å²) in [6, 6.07) is 11.1. The van der Waals surface area contributed by atoms with Gasteiger partial charge in [-0.05, 0) is 56.2 Å². The number of aryl methyl sites for hydroxylation is 3. The molecule has 0 aliphatic heterocycles. The minimum absolute atomic E-state index is 0.0354. The highest BCUT2D eigenvalue weighted by Gasteiger charge is 2.33. The number of thioether (sulfide) groups is 1. The minimum Gasteiger partial charge on any atom is -0.325 e. The Balaban J connectivity index is 1.53. The zero-order chi connectivity index (χ0) is 23.0. The largest absolute Gasteiger partial charge is 0.418 e. The van der Waals surface area contributed by atoms with Crippen molar-refractivity contribution in [3.8, 4) is 0 Å². The molecule has 0 aliphatic rings. The van der Waals surface area contributed by atoms with E-state index in [-0.39, 0.29) is 12.1 Å². The van der Waals surface area contributed by atoms with Gasteiger partial charge in [0.15, 0.2) is 10.8 Å². The number of hydrogen-bond donors (Lipinski definition) is 1. The summed E-state index contributed by atoms with van der Waals surface area (Å²) in [5.41, 5.74) is 3.99. The summed E-state index contributed by atoms with van der Waals surface area (Å²) < 4.78 is 41.3. The lowest BCUT2D eigenvalue weighted by molar-refractivity contribution is -0.137. The number of amides is 1. The van der Waals surface area contributed by atoms with Crippen LogP contribution in [0.5, 0.6) is 0 Å². The van der Waals surface area contributed by atoms with E-state index in [1.807, 2.05) is 31.2 Å². The second kappa shape index (κ2) is 8.46. The Hall–Kier alpha value is -3.07. The molecule has 4 rings (SSSR count). The Labute approximate surface area is 187 Å². The molecule has 2 aromatic heterocycles. The van der Waals surface area contributed by atoms with Gasteiger partial charge in [0.1, 0.15) is 0 Å². The van der Waals surface area contributed by atoms with E-state index in [0.717, 1.165) is 33.7 Å². The number of halogens is 3. The number of para-hydroxylation sites is 1. The lowest BCUT2D eigenvalue weighted by atomic mass is 10.0. The maximum Gasteiger partial charge on any atom is 0.418 e. The van der Waals surface area contributed by atoms with E-state index in [1.54, 1.807) is 0 Å². The summed E-state index contributed by atoms with van der Waals surface area (Å²) in [6.07, 6.45) is -4.50. The highest BCUT2D eigenvalue weighted by Crippen LogP contribution is 2.35. The summed E-state index contributed by atoms with van der Waals surface area (Å²) in [4.78, 5) is 12.3. The number of anilines is 1. The zero-order valence-corrected chi connectivity index (χ0v) is 18.6. The lowest BCUT2D eigenvalue weighted by Gasteiger charge is -2.13. The van der Waals surface area contributed by atoms with Crippen molar-refractivity contribution in [3.05, 3.63) is 64.7 Å². The van der Waals surface area contributed by atoms with E-state index in [1.165, 1.54) is 30.0 Å². The van der Waals surface area contributed by atoms with Gasteiger partial charge in [0, 0.05) is 17.6 Å². The van der Waals surface area contributed by atoms with E-state index in [4.69, 9.17) is 0 Å². The van der Waals surface area contributed by atoms with Crippen LogP contribution in [-0.2, 0) is 11.0 Å². The SMILES string of the molecule is Cc1cc(C)c2c(c1)c(C)cc1nnc(SCCC(=O)Nc3ccccc3C(F)(F)F)n12. The zero-order valence-electron chi connectivity index (χ0n) is 17.7. The molecule has 2 heterocycles. The third-order valence-electron chi connectivity index (χ3n) is 5.16. The second-order valence-corrected chi connectivity index (χ2v) is 8.73. The third-order valence-corrected chi connectivity index (χ3v) is 6.09. The van der Waals surface area contributed by atoms with Crippen LogP contribution in [0.15, 0.2) is 47.6 Å². The fraction of sp³-hybridized carbons (Fsp3) is 0.261. The van der Waals surface area contributed by atoms with Crippen molar-refractivity contribution in [3.63, 3.8) is 0 Å². The Morgan fingerprint density at radius 1 is 1.06 bits per heavy atom. The van der Waals surface area contributed by atoms with Crippen molar-refractivity contribution in [2.45, 2.75) is 38.5 Å². The van der Waals surface area contributed by atoms with Crippen LogP contribution in [0.25, 0.3) is 16.6 Å². The number of pyridine rings is 1. The molecule has 0 saturated heterocycles. The van der Waals surface area contributed by atoms with Gasteiger partial charge in [0.05, 0.1) is 16.8 Å². The number of alkyl halides is 3. The quantitative estimate of drug-likeness (QED) is 0.376. The molecule has 0 radical (unpaired) electrons. The van der Waals surface area contributed by atoms with Crippen LogP contribution >= 0.6 is 11.8 Å². The number of carbonyl (C=O) groups excluding carboxylic acids is 1. The summed E-state index contributed by atoms with van der Waals surface area (Å²) >= 11 is 1.35. The van der Waals surface area contributed by atoms with Crippen molar-refractivity contribution in [1.29, 1.82) is 0 Å². The van der Waals surface area contributed by atoms with E-state index in [0.29, 0.717) is 16.6 Å². The van der Waals surface area contributed by atoms with Crippen molar-refractivity contribution < 1.29 is 18.0 Å². The third kappa shape index (κ3) is 4.29. The summed E-state index contributed by atoms with van der Waals surface area (Å²) in [7, 11) is 0. The number of nitrogens with one attached hydrogen (secondary N) is 1. The first kappa shape index (κ1) is 22.1. The van der Waals surface area contributed by atoms with Gasteiger partial charge in [-0.15, -0.1) is 10.2 Å². The smallest absolute Gasteiger partial charge is 0.325 e.